The number of nitriles is 1. The second kappa shape index (κ2) is 14.7. The summed E-state index contributed by atoms with van der Waals surface area (Å²) in [6.07, 6.45) is 3.16. The average Bonchev–Trinajstić information content (AvgIpc) is 3.95. The van der Waals surface area contributed by atoms with E-state index in [2.05, 4.69) is 49.5 Å². The van der Waals surface area contributed by atoms with E-state index in [9.17, 15) is 14.9 Å². The van der Waals surface area contributed by atoms with Gasteiger partial charge in [0.05, 0.1) is 62.2 Å². The van der Waals surface area contributed by atoms with Crippen molar-refractivity contribution in [2.75, 3.05) is 0 Å². The molecule has 0 amide bonds. The fraction of sp³-hybridized carbons (Fsp3) is 0.0465. The molecule has 274 valence electrons. The molecule has 14 heteroatoms. The predicted octanol–water partition coefficient (Wildman–Crippen LogP) is 9.37. The van der Waals surface area contributed by atoms with E-state index in [4.69, 9.17) is 0 Å². The van der Waals surface area contributed by atoms with Crippen LogP contribution in [0.15, 0.2) is 136 Å². The van der Waals surface area contributed by atoms with Crippen LogP contribution in [-0.4, -0.2) is 36.6 Å². The lowest BCUT2D eigenvalue weighted by molar-refractivity contribution is 0.953. The van der Waals surface area contributed by atoms with Crippen molar-refractivity contribution in [2.45, 2.75) is 13.8 Å². The minimum Gasteiger partial charge on any atom is -0.268 e. The molecule has 0 saturated carbocycles. The Balaban J connectivity index is 0.000000148. The highest BCUT2D eigenvalue weighted by Gasteiger charge is 2.18. The molecule has 0 bridgehead atoms. The van der Waals surface area contributed by atoms with Crippen LogP contribution in [0.25, 0.3) is 77.5 Å². The van der Waals surface area contributed by atoms with Gasteiger partial charge in [-0.15, -0.1) is 0 Å². The van der Waals surface area contributed by atoms with Crippen LogP contribution in [0, 0.1) is 25.2 Å². The predicted molar refractivity (Wildman–Crippen MR) is 229 cm³/mol. The lowest BCUT2D eigenvalue weighted by Crippen LogP contribution is -2.19. The maximum atomic E-state index is 13.0. The zero-order valence-electron chi connectivity index (χ0n) is 30.1. The Kier molecular flexibility index (Phi) is 9.25. The van der Waals surface area contributed by atoms with Gasteiger partial charge in [-0.3, -0.25) is 18.7 Å². The van der Waals surface area contributed by atoms with Crippen LogP contribution in [0.2, 0.25) is 0 Å². The normalized spacial score (nSPS) is 11.2. The summed E-state index contributed by atoms with van der Waals surface area (Å²) in [4.78, 5) is 35.0. The fourth-order valence-electron chi connectivity index (χ4n) is 7.06. The zero-order valence-corrected chi connectivity index (χ0v) is 33.3. The fourth-order valence-corrected chi connectivity index (χ4v) is 8.74. The number of halogens is 1. The molecule has 0 spiro atoms. The van der Waals surface area contributed by atoms with Crippen LogP contribution in [0.4, 0.5) is 0 Å². The summed E-state index contributed by atoms with van der Waals surface area (Å²) in [5, 5.41) is 10.5. The summed E-state index contributed by atoms with van der Waals surface area (Å²) >= 11 is 5.81. The second-order valence-corrected chi connectivity index (χ2v) is 15.0. The van der Waals surface area contributed by atoms with E-state index >= 15 is 0 Å². The molecule has 0 N–H and O–H groups in total. The highest BCUT2D eigenvalue weighted by molar-refractivity contribution is 9.10. The Morgan fingerprint density at radius 2 is 1.02 bits per heavy atom. The Bertz CT molecular complexity index is 3380. The molecular weight excluding hydrogens is 819 g/mol. The van der Waals surface area contributed by atoms with Gasteiger partial charge in [-0.2, -0.15) is 22.8 Å². The molecule has 0 atom stereocenters. The van der Waals surface area contributed by atoms with E-state index in [1.165, 1.54) is 11.7 Å². The van der Waals surface area contributed by atoms with Gasteiger partial charge >= 0.3 is 0 Å². The van der Waals surface area contributed by atoms with E-state index in [0.717, 1.165) is 72.0 Å². The van der Waals surface area contributed by atoms with Crippen molar-refractivity contribution in [3.8, 4) is 39.7 Å². The quantitative estimate of drug-likeness (QED) is 0.169. The van der Waals surface area contributed by atoms with E-state index in [1.54, 1.807) is 40.0 Å². The molecule has 0 aliphatic rings. The first-order chi connectivity index (χ1) is 27.8. The zero-order chi connectivity index (χ0) is 39.2. The first-order valence-electron chi connectivity index (χ1n) is 17.5. The van der Waals surface area contributed by atoms with Crippen molar-refractivity contribution in [3.63, 3.8) is 0 Å². The number of rotatable bonds is 4. The minimum absolute atomic E-state index is 0.0814. The highest BCUT2D eigenvalue weighted by Crippen LogP contribution is 2.36. The molecular formula is C43H26BrN9O2S2. The smallest absolute Gasteiger partial charge is 0.265 e. The lowest BCUT2D eigenvalue weighted by atomic mass is 9.96. The number of para-hydroxylation sites is 2. The van der Waals surface area contributed by atoms with Crippen LogP contribution in [0.5, 0.6) is 0 Å². The van der Waals surface area contributed by atoms with Crippen LogP contribution in [0.3, 0.4) is 0 Å². The number of fused-ring (bicyclic) bond motifs is 4. The molecule has 10 rings (SSSR count). The van der Waals surface area contributed by atoms with E-state index in [0.29, 0.717) is 38.4 Å². The third kappa shape index (κ3) is 6.18. The summed E-state index contributed by atoms with van der Waals surface area (Å²) in [7, 11) is 0. The summed E-state index contributed by atoms with van der Waals surface area (Å²) in [5.41, 5.74) is 12.0. The van der Waals surface area contributed by atoms with E-state index < -0.39 is 0 Å². The molecule has 0 aliphatic carbocycles. The molecule has 0 unspecified atom stereocenters. The summed E-state index contributed by atoms with van der Waals surface area (Å²) in [5.74, 6) is 0. The van der Waals surface area contributed by atoms with Gasteiger partial charge < -0.3 is 0 Å². The molecule has 0 aliphatic heterocycles. The van der Waals surface area contributed by atoms with Crippen molar-refractivity contribution < 1.29 is 0 Å². The summed E-state index contributed by atoms with van der Waals surface area (Å²) in [6.45, 7) is 3.98. The van der Waals surface area contributed by atoms with Crippen molar-refractivity contribution in [2.24, 2.45) is 0 Å². The van der Waals surface area contributed by atoms with Gasteiger partial charge in [-0.1, -0.05) is 60.7 Å². The van der Waals surface area contributed by atoms with Crippen molar-refractivity contribution in [1.82, 2.24) is 36.6 Å². The van der Waals surface area contributed by atoms with E-state index in [1.807, 2.05) is 105 Å². The molecule has 0 fully saturated rings. The number of hydrogen-bond donors (Lipinski definition) is 0. The molecule has 0 radical (unpaired) electrons. The van der Waals surface area contributed by atoms with Gasteiger partial charge in [-0.25, -0.2) is 9.97 Å². The second-order valence-electron chi connectivity index (χ2n) is 13.1. The lowest BCUT2D eigenvalue weighted by Gasteiger charge is -2.14. The maximum Gasteiger partial charge on any atom is 0.265 e. The molecule has 11 nitrogen and oxygen atoms in total. The number of benzene rings is 6. The SMILES string of the molecule is Cc1c(-c2ccc(Br)c3nsnc23)cccc1-n1cnc2ccccc2c1=O.Cc1c(-c2ccc(C#N)c3nsnc23)cccc1-n1cnc2ccccc2c1=O. The molecule has 0 saturated heterocycles. The minimum atomic E-state index is -0.115. The number of aromatic nitrogens is 8. The monoisotopic (exact) mass is 843 g/mol. The van der Waals surface area contributed by atoms with Crippen LogP contribution in [0.1, 0.15) is 16.7 Å². The van der Waals surface area contributed by atoms with Crippen LogP contribution >= 0.6 is 39.4 Å². The summed E-state index contributed by atoms with van der Waals surface area (Å²) < 4.78 is 21.6. The maximum absolute atomic E-state index is 13.0. The Morgan fingerprint density at radius 1 is 0.544 bits per heavy atom. The topological polar surface area (TPSA) is 145 Å². The van der Waals surface area contributed by atoms with Gasteiger partial charge in [0, 0.05) is 15.6 Å². The first kappa shape index (κ1) is 35.9. The number of nitrogens with zero attached hydrogens (tertiary/aromatic N) is 9. The third-order valence-electron chi connectivity index (χ3n) is 9.94. The standard InChI is InChI=1S/C22H13N5OS.C21H13BrN4OS/c1-13-15(16-10-9-14(11-23)20-21(16)26-29-25-20)6-4-8-19(13)27-12-24-18-7-3-2-5-17(18)22(27)28;1-12-13(14-9-10-16(22)20-19(14)24-28-25-20)6-4-8-18(12)26-11-23-17-7-3-2-5-15(17)21(26)27/h2-10,12H,1H3;2-11H,1H3. The van der Waals surface area contributed by atoms with Crippen molar-refractivity contribution >= 4 is 83.3 Å². The first-order valence-corrected chi connectivity index (χ1v) is 19.8. The van der Waals surface area contributed by atoms with Gasteiger partial charge in [-0.05, 0) is 101 Å². The molecule has 4 aromatic heterocycles. The number of hydrogen-bond acceptors (Lipinski definition) is 11. The van der Waals surface area contributed by atoms with Gasteiger partial charge in [0.2, 0.25) is 0 Å². The average molecular weight is 845 g/mol. The Labute approximate surface area is 340 Å². The summed E-state index contributed by atoms with van der Waals surface area (Å²) in [6, 6.07) is 36.2. The Morgan fingerprint density at radius 3 is 1.56 bits per heavy atom. The van der Waals surface area contributed by atoms with Crippen molar-refractivity contribution in [1.29, 1.82) is 5.26 Å². The van der Waals surface area contributed by atoms with Crippen LogP contribution < -0.4 is 11.1 Å². The largest absolute Gasteiger partial charge is 0.268 e. The van der Waals surface area contributed by atoms with Gasteiger partial charge in [0.15, 0.2) is 0 Å². The highest BCUT2D eigenvalue weighted by atomic mass is 79.9. The molecule has 6 aromatic carbocycles. The molecule has 57 heavy (non-hydrogen) atoms. The molecule has 10 aromatic rings. The van der Waals surface area contributed by atoms with E-state index in [-0.39, 0.29) is 11.1 Å². The van der Waals surface area contributed by atoms with Gasteiger partial charge in [0.1, 0.15) is 40.8 Å². The van der Waals surface area contributed by atoms with Gasteiger partial charge in [0.25, 0.3) is 11.1 Å². The molecule has 4 heterocycles. The van der Waals surface area contributed by atoms with Crippen LogP contribution in [-0.2, 0) is 0 Å². The third-order valence-corrected chi connectivity index (χ3v) is 11.6. The Hall–Kier alpha value is -6.79. The van der Waals surface area contributed by atoms with Crippen molar-refractivity contribution in [3.05, 3.63) is 164 Å².